The zero-order chi connectivity index (χ0) is 19.0. The van der Waals surface area contributed by atoms with Crippen molar-refractivity contribution < 1.29 is 24.4 Å². The van der Waals surface area contributed by atoms with Crippen LogP contribution in [0.4, 0.5) is 11.4 Å². The molecule has 2 amide bonds. The molecule has 1 N–H and O–H groups in total. The van der Waals surface area contributed by atoms with Crippen molar-refractivity contribution >= 4 is 29.2 Å². The number of nitrogens with zero attached hydrogens (tertiary/aromatic N) is 3. The molecule has 26 heavy (non-hydrogen) atoms. The average molecular weight is 361 g/mol. The first-order valence-corrected chi connectivity index (χ1v) is 8.38. The van der Waals surface area contributed by atoms with Gasteiger partial charge >= 0.3 is 5.97 Å². The van der Waals surface area contributed by atoms with E-state index in [1.807, 2.05) is 4.90 Å². The van der Waals surface area contributed by atoms with E-state index in [1.165, 1.54) is 18.2 Å². The van der Waals surface area contributed by atoms with Gasteiger partial charge in [-0.25, -0.2) is 4.90 Å². The normalized spacial score (nSPS) is 22.0. The van der Waals surface area contributed by atoms with Gasteiger partial charge in [0.05, 0.1) is 29.0 Å². The second-order valence-electron chi connectivity index (χ2n) is 6.66. The van der Waals surface area contributed by atoms with Crippen molar-refractivity contribution in [3.63, 3.8) is 0 Å². The Bertz CT molecular complexity index is 785. The van der Waals surface area contributed by atoms with Crippen molar-refractivity contribution in [2.75, 3.05) is 18.0 Å². The number of likely N-dealkylation sites (tertiary alicyclic amines) is 1. The molecular weight excluding hydrogens is 342 g/mol. The average Bonchev–Trinajstić information content (AvgIpc) is 2.89. The van der Waals surface area contributed by atoms with Gasteiger partial charge in [0.15, 0.2) is 0 Å². The number of carboxylic acids is 1. The molecule has 0 unspecified atom stereocenters. The molecule has 0 aromatic heterocycles. The molecule has 2 aliphatic rings. The number of imide groups is 1. The number of nitro groups is 1. The van der Waals surface area contributed by atoms with E-state index in [1.54, 1.807) is 6.92 Å². The Morgan fingerprint density at radius 3 is 2.46 bits per heavy atom. The smallest absolute Gasteiger partial charge is 0.306 e. The van der Waals surface area contributed by atoms with Crippen molar-refractivity contribution in [1.29, 1.82) is 0 Å². The first kappa shape index (κ1) is 18.0. The van der Waals surface area contributed by atoms with Gasteiger partial charge < -0.3 is 5.11 Å². The summed E-state index contributed by atoms with van der Waals surface area (Å²) in [5.41, 5.74) is 0.734. The summed E-state index contributed by atoms with van der Waals surface area (Å²) in [5.74, 6) is -1.95. The third-order valence-electron chi connectivity index (χ3n) is 5.07. The van der Waals surface area contributed by atoms with Crippen molar-refractivity contribution in [2.24, 2.45) is 5.92 Å². The molecule has 9 nitrogen and oxygen atoms in total. The number of benzene rings is 1. The Morgan fingerprint density at radius 1 is 1.27 bits per heavy atom. The van der Waals surface area contributed by atoms with Crippen LogP contribution in [-0.2, 0) is 14.4 Å². The molecule has 2 fully saturated rings. The summed E-state index contributed by atoms with van der Waals surface area (Å²) in [6.07, 6.45) is 0.931. The number of hydrogen-bond donors (Lipinski definition) is 1. The summed E-state index contributed by atoms with van der Waals surface area (Å²) in [6.45, 7) is 2.52. The minimum Gasteiger partial charge on any atom is -0.481 e. The van der Waals surface area contributed by atoms with Crippen molar-refractivity contribution in [2.45, 2.75) is 32.2 Å². The van der Waals surface area contributed by atoms with Gasteiger partial charge in [0.2, 0.25) is 5.91 Å². The molecule has 2 saturated heterocycles. The summed E-state index contributed by atoms with van der Waals surface area (Å²) in [4.78, 5) is 49.6. The summed E-state index contributed by atoms with van der Waals surface area (Å²) in [5, 5.41) is 19.9. The largest absolute Gasteiger partial charge is 0.481 e. The monoisotopic (exact) mass is 361 g/mol. The van der Waals surface area contributed by atoms with E-state index in [0.717, 1.165) is 4.90 Å². The number of piperidine rings is 1. The zero-order valence-electron chi connectivity index (χ0n) is 14.3. The fourth-order valence-electron chi connectivity index (χ4n) is 3.62. The summed E-state index contributed by atoms with van der Waals surface area (Å²) in [7, 11) is 0. The summed E-state index contributed by atoms with van der Waals surface area (Å²) in [6, 6.07) is 3.42. The van der Waals surface area contributed by atoms with Crippen LogP contribution in [-0.4, -0.2) is 51.8 Å². The predicted molar refractivity (Wildman–Crippen MR) is 90.7 cm³/mol. The van der Waals surface area contributed by atoms with Crippen LogP contribution in [0.25, 0.3) is 0 Å². The Balaban J connectivity index is 1.78. The van der Waals surface area contributed by atoms with Crippen LogP contribution in [0.5, 0.6) is 0 Å². The minimum absolute atomic E-state index is 0.0347. The second kappa shape index (κ2) is 6.83. The number of carboxylic acid groups (broad SMARTS) is 1. The van der Waals surface area contributed by atoms with Gasteiger partial charge in [0.25, 0.3) is 11.6 Å². The Morgan fingerprint density at radius 2 is 1.92 bits per heavy atom. The van der Waals surface area contributed by atoms with Crippen LogP contribution in [0.15, 0.2) is 18.2 Å². The van der Waals surface area contributed by atoms with Gasteiger partial charge in [-0.2, -0.15) is 0 Å². The Labute approximate surface area is 149 Å². The first-order chi connectivity index (χ1) is 12.3. The standard InChI is InChI=1S/C17H19N3O6/c1-10-8-12(20(25)26)2-3-13(10)19-15(21)9-14(16(19)22)18-6-4-11(5-7-18)17(23)24/h2-3,8,11,14H,4-7,9H2,1H3,(H,23,24)/t14-/m0/s1. The summed E-state index contributed by atoms with van der Waals surface area (Å²) < 4.78 is 0. The molecule has 1 aromatic carbocycles. The number of anilines is 1. The number of hydrogen-bond acceptors (Lipinski definition) is 6. The maximum absolute atomic E-state index is 12.8. The molecule has 1 atom stereocenters. The number of aliphatic carboxylic acids is 1. The van der Waals surface area contributed by atoms with Crippen LogP contribution in [0.2, 0.25) is 0 Å². The number of rotatable bonds is 4. The first-order valence-electron chi connectivity index (χ1n) is 8.38. The van der Waals surface area contributed by atoms with Gasteiger partial charge in [-0.15, -0.1) is 0 Å². The lowest BCUT2D eigenvalue weighted by atomic mass is 9.95. The molecule has 0 aliphatic carbocycles. The third-order valence-corrected chi connectivity index (χ3v) is 5.07. The molecule has 9 heteroatoms. The van der Waals surface area contributed by atoms with Gasteiger partial charge in [0, 0.05) is 12.1 Å². The van der Waals surface area contributed by atoms with Gasteiger partial charge in [-0.05, 0) is 44.5 Å². The lowest BCUT2D eigenvalue weighted by Gasteiger charge is -2.33. The highest BCUT2D eigenvalue weighted by Crippen LogP contribution is 2.32. The molecule has 138 valence electrons. The van der Waals surface area contributed by atoms with E-state index < -0.39 is 22.9 Å². The molecule has 0 spiro atoms. The Kier molecular flexibility index (Phi) is 4.73. The van der Waals surface area contributed by atoms with Gasteiger partial charge in [-0.3, -0.25) is 29.4 Å². The molecule has 2 heterocycles. The van der Waals surface area contributed by atoms with Crippen LogP contribution < -0.4 is 4.90 Å². The number of carbonyl (C=O) groups excluding carboxylic acids is 2. The van der Waals surface area contributed by atoms with Gasteiger partial charge in [0.1, 0.15) is 0 Å². The van der Waals surface area contributed by atoms with Crippen molar-refractivity contribution in [3.8, 4) is 0 Å². The van der Waals surface area contributed by atoms with E-state index in [9.17, 15) is 24.5 Å². The van der Waals surface area contributed by atoms with Crippen LogP contribution in [0.1, 0.15) is 24.8 Å². The fraction of sp³-hybridized carbons (Fsp3) is 0.471. The fourth-order valence-corrected chi connectivity index (χ4v) is 3.62. The van der Waals surface area contributed by atoms with E-state index in [2.05, 4.69) is 0 Å². The maximum atomic E-state index is 12.8. The van der Waals surface area contributed by atoms with Gasteiger partial charge in [-0.1, -0.05) is 0 Å². The predicted octanol–water partition coefficient (Wildman–Crippen LogP) is 1.33. The SMILES string of the molecule is Cc1cc([N+](=O)[O-])ccc1N1C(=O)C[C@H](N2CCC(C(=O)O)CC2)C1=O. The van der Waals surface area contributed by atoms with E-state index in [0.29, 0.717) is 37.2 Å². The number of nitro benzene ring substituents is 1. The van der Waals surface area contributed by atoms with Crippen molar-refractivity contribution in [3.05, 3.63) is 33.9 Å². The van der Waals surface area contributed by atoms with E-state index >= 15 is 0 Å². The van der Waals surface area contributed by atoms with E-state index in [4.69, 9.17) is 5.11 Å². The molecule has 1 aromatic rings. The van der Waals surface area contributed by atoms with Crippen molar-refractivity contribution in [1.82, 2.24) is 4.90 Å². The zero-order valence-corrected chi connectivity index (χ0v) is 14.3. The van der Waals surface area contributed by atoms with Crippen LogP contribution in [0, 0.1) is 23.0 Å². The number of amides is 2. The third kappa shape index (κ3) is 3.17. The number of aryl methyl sites for hydroxylation is 1. The molecule has 3 rings (SSSR count). The Hall–Kier alpha value is -2.81. The molecule has 0 saturated carbocycles. The van der Waals surface area contributed by atoms with Crippen LogP contribution >= 0.6 is 0 Å². The van der Waals surface area contributed by atoms with E-state index in [-0.39, 0.29) is 23.9 Å². The number of carbonyl (C=O) groups is 3. The quantitative estimate of drug-likeness (QED) is 0.488. The highest BCUT2D eigenvalue weighted by Gasteiger charge is 2.44. The lowest BCUT2D eigenvalue weighted by Crippen LogP contribution is -2.46. The molecule has 0 bridgehead atoms. The number of non-ortho nitro benzene ring substituents is 1. The maximum Gasteiger partial charge on any atom is 0.306 e. The molecular formula is C17H19N3O6. The topological polar surface area (TPSA) is 121 Å². The molecule has 2 aliphatic heterocycles. The molecule has 0 radical (unpaired) electrons. The highest BCUT2D eigenvalue weighted by atomic mass is 16.6. The lowest BCUT2D eigenvalue weighted by molar-refractivity contribution is -0.384. The highest BCUT2D eigenvalue weighted by molar-refractivity contribution is 6.22. The second-order valence-corrected chi connectivity index (χ2v) is 6.66. The summed E-state index contributed by atoms with van der Waals surface area (Å²) >= 11 is 0. The van der Waals surface area contributed by atoms with Crippen LogP contribution in [0.3, 0.4) is 0 Å². The minimum atomic E-state index is -0.832.